The van der Waals surface area contributed by atoms with Crippen LogP contribution in [-0.2, 0) is 35.6 Å². The number of hydrogen-bond donors (Lipinski definition) is 2. The second-order valence-electron chi connectivity index (χ2n) is 6.80. The summed E-state index contributed by atoms with van der Waals surface area (Å²) in [6.45, 7) is 5.97. The highest BCUT2D eigenvalue weighted by atomic mass is 16.5. The van der Waals surface area contributed by atoms with Crippen molar-refractivity contribution < 1.29 is 9.53 Å². The minimum Gasteiger partial charge on any atom is -0.374 e. The fourth-order valence-corrected chi connectivity index (χ4v) is 2.97. The zero-order valence-corrected chi connectivity index (χ0v) is 14.9. The van der Waals surface area contributed by atoms with Gasteiger partial charge in [0, 0.05) is 13.1 Å². The summed E-state index contributed by atoms with van der Waals surface area (Å²) in [6, 6.07) is 16.3. The predicted molar refractivity (Wildman–Crippen MR) is 99.0 cm³/mol. The van der Waals surface area contributed by atoms with E-state index in [1.54, 1.807) is 0 Å². The fraction of sp³-hybridized carbons (Fsp3) is 0.381. The van der Waals surface area contributed by atoms with Crippen LogP contribution in [0, 0.1) is 0 Å². The van der Waals surface area contributed by atoms with Crippen molar-refractivity contribution in [3.63, 3.8) is 0 Å². The summed E-state index contributed by atoms with van der Waals surface area (Å²) >= 11 is 0. The Labute approximate surface area is 149 Å². The van der Waals surface area contributed by atoms with Crippen molar-refractivity contribution in [1.82, 2.24) is 10.6 Å². The Kier molecular flexibility index (Phi) is 5.84. The predicted octanol–water partition coefficient (Wildman–Crippen LogP) is 2.94. The maximum atomic E-state index is 12.4. The van der Waals surface area contributed by atoms with Gasteiger partial charge in [0.2, 0.25) is 5.91 Å². The molecule has 3 rings (SSSR count). The van der Waals surface area contributed by atoms with Crippen LogP contribution in [0.1, 0.15) is 36.1 Å². The molecular formula is C21H26N2O2. The first-order chi connectivity index (χ1) is 12.1. The smallest absolute Gasteiger partial charge is 0.237 e. The highest BCUT2D eigenvalue weighted by Gasteiger charge is 2.23. The van der Waals surface area contributed by atoms with Crippen LogP contribution < -0.4 is 10.6 Å². The first-order valence-electron chi connectivity index (χ1n) is 8.89. The zero-order valence-electron chi connectivity index (χ0n) is 14.9. The Hall–Kier alpha value is -2.17. The van der Waals surface area contributed by atoms with Gasteiger partial charge < -0.3 is 15.4 Å². The number of carbonyl (C=O) groups is 1. The van der Waals surface area contributed by atoms with Gasteiger partial charge in [-0.2, -0.15) is 0 Å². The van der Waals surface area contributed by atoms with E-state index in [1.807, 2.05) is 38.1 Å². The van der Waals surface area contributed by atoms with E-state index in [-0.39, 0.29) is 18.1 Å². The lowest BCUT2D eigenvalue weighted by atomic mass is 9.95. The third-order valence-electron chi connectivity index (χ3n) is 4.47. The summed E-state index contributed by atoms with van der Waals surface area (Å²) in [7, 11) is 0. The quantitative estimate of drug-likeness (QED) is 0.851. The van der Waals surface area contributed by atoms with Crippen LogP contribution >= 0.6 is 0 Å². The Morgan fingerprint density at radius 1 is 1.12 bits per heavy atom. The lowest BCUT2D eigenvalue weighted by Crippen LogP contribution is -2.47. The van der Waals surface area contributed by atoms with E-state index in [1.165, 1.54) is 11.1 Å². The molecule has 0 radical (unpaired) electrons. The van der Waals surface area contributed by atoms with E-state index in [2.05, 4.69) is 34.9 Å². The van der Waals surface area contributed by atoms with Crippen molar-refractivity contribution in [3.8, 4) is 0 Å². The molecule has 1 aliphatic rings. The van der Waals surface area contributed by atoms with Gasteiger partial charge in [0.1, 0.15) is 0 Å². The lowest BCUT2D eigenvalue weighted by Gasteiger charge is -2.25. The summed E-state index contributed by atoms with van der Waals surface area (Å²) in [6.07, 6.45) is 0.972. The third kappa shape index (κ3) is 4.91. The van der Waals surface area contributed by atoms with Gasteiger partial charge in [0.05, 0.1) is 18.8 Å². The molecule has 2 aromatic carbocycles. The minimum atomic E-state index is -0.159. The first kappa shape index (κ1) is 17.6. The van der Waals surface area contributed by atoms with Crippen molar-refractivity contribution in [1.29, 1.82) is 0 Å². The molecule has 0 aliphatic carbocycles. The van der Waals surface area contributed by atoms with Gasteiger partial charge in [-0.25, -0.2) is 0 Å². The van der Waals surface area contributed by atoms with Crippen LogP contribution in [0.4, 0.5) is 0 Å². The van der Waals surface area contributed by atoms with Crippen LogP contribution in [0.3, 0.4) is 0 Å². The minimum absolute atomic E-state index is 0.0571. The van der Waals surface area contributed by atoms with E-state index in [9.17, 15) is 4.79 Å². The molecule has 4 nitrogen and oxygen atoms in total. The number of carbonyl (C=O) groups excluding carboxylic acids is 1. The first-order valence-corrected chi connectivity index (χ1v) is 8.89. The van der Waals surface area contributed by atoms with Crippen LogP contribution in [0.15, 0.2) is 48.5 Å². The molecule has 2 N–H and O–H groups in total. The number of nitrogens with one attached hydrogen (secondary N) is 2. The number of benzene rings is 2. The summed E-state index contributed by atoms with van der Waals surface area (Å²) in [5, 5.41) is 6.36. The Balaban J connectivity index is 1.49. The van der Waals surface area contributed by atoms with Gasteiger partial charge >= 0.3 is 0 Å². The molecule has 4 heteroatoms. The van der Waals surface area contributed by atoms with E-state index >= 15 is 0 Å². The molecule has 132 valence electrons. The van der Waals surface area contributed by atoms with Gasteiger partial charge in [-0.1, -0.05) is 48.5 Å². The zero-order chi connectivity index (χ0) is 17.6. The van der Waals surface area contributed by atoms with E-state index in [4.69, 9.17) is 4.74 Å². The molecule has 0 fully saturated rings. The SMILES string of the molecule is CC(C)OCc1ccc(CNC(=O)C2Cc3ccccc3CN2)cc1. The number of rotatable bonds is 6. The van der Waals surface area contributed by atoms with E-state index in [0.717, 1.165) is 24.1 Å². The highest BCUT2D eigenvalue weighted by molar-refractivity contribution is 5.82. The molecule has 1 heterocycles. The van der Waals surface area contributed by atoms with Gasteiger partial charge in [0.15, 0.2) is 0 Å². The number of hydrogen-bond acceptors (Lipinski definition) is 3. The fourth-order valence-electron chi connectivity index (χ4n) is 2.97. The molecule has 2 aromatic rings. The summed E-state index contributed by atoms with van der Waals surface area (Å²) in [4.78, 5) is 12.4. The van der Waals surface area contributed by atoms with E-state index < -0.39 is 0 Å². The molecule has 25 heavy (non-hydrogen) atoms. The molecule has 1 unspecified atom stereocenters. The second kappa shape index (κ2) is 8.28. The maximum Gasteiger partial charge on any atom is 0.237 e. The average Bonchev–Trinajstić information content (AvgIpc) is 2.64. The molecule has 1 atom stereocenters. The normalized spacial score (nSPS) is 16.5. The van der Waals surface area contributed by atoms with Crippen molar-refractivity contribution in [3.05, 3.63) is 70.8 Å². The second-order valence-corrected chi connectivity index (χ2v) is 6.80. The van der Waals surface area contributed by atoms with E-state index in [0.29, 0.717) is 13.2 Å². The van der Waals surface area contributed by atoms with Gasteiger partial charge in [-0.3, -0.25) is 4.79 Å². The molecule has 1 aliphatic heterocycles. The molecule has 1 amide bonds. The number of ether oxygens (including phenoxy) is 1. The van der Waals surface area contributed by atoms with Crippen molar-refractivity contribution in [2.75, 3.05) is 0 Å². The largest absolute Gasteiger partial charge is 0.374 e. The van der Waals surface area contributed by atoms with Crippen LogP contribution in [0.25, 0.3) is 0 Å². The van der Waals surface area contributed by atoms with Gasteiger partial charge in [-0.05, 0) is 42.5 Å². The van der Waals surface area contributed by atoms with Gasteiger partial charge in [-0.15, -0.1) is 0 Å². The maximum absolute atomic E-state index is 12.4. The summed E-state index contributed by atoms with van der Waals surface area (Å²) in [5.41, 5.74) is 4.79. The topological polar surface area (TPSA) is 50.4 Å². The van der Waals surface area contributed by atoms with Gasteiger partial charge in [0.25, 0.3) is 0 Å². The summed E-state index contributed by atoms with van der Waals surface area (Å²) < 4.78 is 5.60. The van der Waals surface area contributed by atoms with Crippen molar-refractivity contribution >= 4 is 5.91 Å². The Morgan fingerprint density at radius 2 is 1.80 bits per heavy atom. The van der Waals surface area contributed by atoms with Crippen molar-refractivity contribution in [2.45, 2.75) is 52.1 Å². The average molecular weight is 338 g/mol. The molecule has 0 spiro atoms. The molecule has 0 saturated heterocycles. The standard InChI is InChI=1S/C21H26N2O2/c1-15(2)25-14-17-9-7-16(8-10-17)12-23-21(24)20-11-18-5-3-4-6-19(18)13-22-20/h3-10,15,20,22H,11-14H2,1-2H3,(H,23,24). The Bertz CT molecular complexity index is 710. The van der Waals surface area contributed by atoms with Crippen LogP contribution in [0.5, 0.6) is 0 Å². The monoisotopic (exact) mass is 338 g/mol. The molecular weight excluding hydrogens is 312 g/mol. The highest BCUT2D eigenvalue weighted by Crippen LogP contribution is 2.16. The third-order valence-corrected chi connectivity index (χ3v) is 4.47. The van der Waals surface area contributed by atoms with Crippen molar-refractivity contribution in [2.24, 2.45) is 0 Å². The molecule has 0 aromatic heterocycles. The molecule has 0 bridgehead atoms. The number of amides is 1. The van der Waals surface area contributed by atoms with Crippen LogP contribution in [0.2, 0.25) is 0 Å². The number of fused-ring (bicyclic) bond motifs is 1. The summed E-state index contributed by atoms with van der Waals surface area (Å²) in [5.74, 6) is 0.0571. The molecule has 0 saturated carbocycles. The van der Waals surface area contributed by atoms with Crippen LogP contribution in [-0.4, -0.2) is 18.1 Å². The lowest BCUT2D eigenvalue weighted by molar-refractivity contribution is -0.123. The Morgan fingerprint density at radius 3 is 2.52 bits per heavy atom.